The number of imide groups is 1. The van der Waals surface area contributed by atoms with Gasteiger partial charge in [-0.25, -0.2) is 9.59 Å². The van der Waals surface area contributed by atoms with E-state index in [1.54, 1.807) is 0 Å². The minimum Gasteiger partial charge on any atom is -0.493 e. The maximum atomic E-state index is 12.0. The summed E-state index contributed by atoms with van der Waals surface area (Å²) >= 11 is 0. The molecule has 1 rings (SSSR count). The summed E-state index contributed by atoms with van der Waals surface area (Å²) in [5.74, 6) is -2.63. The zero-order valence-corrected chi connectivity index (χ0v) is 14.4. The number of amides is 3. The summed E-state index contributed by atoms with van der Waals surface area (Å²) < 4.78 is 50.2. The van der Waals surface area contributed by atoms with Gasteiger partial charge in [-0.15, -0.1) is 0 Å². The fourth-order valence-corrected chi connectivity index (χ4v) is 1.78. The molecular formula is C14H14F3N3O8. The number of nitro groups is 1. The summed E-state index contributed by atoms with van der Waals surface area (Å²) in [6.45, 7) is -2.76. The van der Waals surface area contributed by atoms with Crippen molar-refractivity contribution in [1.29, 1.82) is 0 Å². The molecule has 1 aromatic rings. The molecule has 0 fully saturated rings. The highest BCUT2D eigenvalue weighted by atomic mass is 19.4. The molecule has 3 amide bonds. The van der Waals surface area contributed by atoms with Gasteiger partial charge in [0, 0.05) is 6.07 Å². The Morgan fingerprint density at radius 2 is 1.71 bits per heavy atom. The lowest BCUT2D eigenvalue weighted by atomic mass is 10.1. The molecule has 154 valence electrons. The van der Waals surface area contributed by atoms with Crippen molar-refractivity contribution in [2.45, 2.75) is 6.18 Å². The highest BCUT2D eigenvalue weighted by Gasteiger charge is 2.28. The summed E-state index contributed by atoms with van der Waals surface area (Å²) in [6, 6.07) is 0.392. The SMILES string of the molecule is COc1cc(C(=O)OCC(=O)NC(=O)NCC(F)(F)F)c([N+](=O)[O-])cc1OC. The Kier molecular flexibility index (Phi) is 7.53. The fraction of sp³-hybridized carbons (Fsp3) is 0.357. The van der Waals surface area contributed by atoms with Crippen LogP contribution in [0.15, 0.2) is 12.1 Å². The topological polar surface area (TPSA) is 146 Å². The first-order valence-corrected chi connectivity index (χ1v) is 7.20. The third-order valence-electron chi connectivity index (χ3n) is 2.96. The molecule has 0 aliphatic rings. The van der Waals surface area contributed by atoms with Crippen molar-refractivity contribution in [2.75, 3.05) is 27.4 Å². The molecule has 0 radical (unpaired) electrons. The number of ether oxygens (including phenoxy) is 3. The lowest BCUT2D eigenvalue weighted by Crippen LogP contribution is -2.44. The number of nitrogens with one attached hydrogen (secondary N) is 2. The molecular weight excluding hydrogens is 395 g/mol. The Hall–Kier alpha value is -3.58. The number of hydrogen-bond acceptors (Lipinski definition) is 8. The number of urea groups is 1. The van der Waals surface area contributed by atoms with E-state index >= 15 is 0 Å². The molecule has 14 heteroatoms. The molecule has 0 heterocycles. The quantitative estimate of drug-likeness (QED) is 0.387. The molecule has 0 bridgehead atoms. The van der Waals surface area contributed by atoms with Crippen molar-refractivity contribution in [3.8, 4) is 11.5 Å². The normalized spacial score (nSPS) is 10.6. The average Bonchev–Trinajstić information content (AvgIpc) is 2.62. The molecule has 0 atom stereocenters. The van der Waals surface area contributed by atoms with Crippen molar-refractivity contribution >= 4 is 23.6 Å². The number of esters is 1. The maximum Gasteiger partial charge on any atom is 0.405 e. The van der Waals surface area contributed by atoms with E-state index in [0.717, 1.165) is 12.1 Å². The molecule has 0 aliphatic heterocycles. The largest absolute Gasteiger partial charge is 0.493 e. The van der Waals surface area contributed by atoms with E-state index < -0.39 is 53.4 Å². The standard InChI is InChI=1S/C14H14F3N3O8/c1-26-9-3-7(8(20(24)25)4-10(9)27-2)12(22)28-5-11(21)19-13(23)18-6-14(15,16)17/h3-4H,5-6H2,1-2H3,(H2,18,19,21,23). The van der Waals surface area contributed by atoms with Crippen LogP contribution in [0, 0.1) is 10.1 Å². The van der Waals surface area contributed by atoms with Crippen LogP contribution in [0.1, 0.15) is 10.4 Å². The van der Waals surface area contributed by atoms with Gasteiger partial charge in [0.25, 0.3) is 11.6 Å². The van der Waals surface area contributed by atoms with Crippen LogP contribution in [-0.2, 0) is 9.53 Å². The van der Waals surface area contributed by atoms with Gasteiger partial charge in [-0.2, -0.15) is 13.2 Å². The van der Waals surface area contributed by atoms with Gasteiger partial charge in [0.05, 0.1) is 25.2 Å². The number of carbonyl (C=O) groups excluding carboxylic acids is 3. The maximum absolute atomic E-state index is 12.0. The molecule has 0 spiro atoms. The Labute approximate surface area is 154 Å². The Bertz CT molecular complexity index is 782. The van der Waals surface area contributed by atoms with Crippen LogP contribution < -0.4 is 20.1 Å². The summed E-state index contributed by atoms with van der Waals surface area (Å²) in [5, 5.41) is 14.0. The molecule has 0 aromatic heterocycles. The van der Waals surface area contributed by atoms with Crippen molar-refractivity contribution in [3.05, 3.63) is 27.8 Å². The van der Waals surface area contributed by atoms with Gasteiger partial charge >= 0.3 is 18.2 Å². The zero-order chi connectivity index (χ0) is 21.5. The van der Waals surface area contributed by atoms with Gasteiger partial charge < -0.3 is 19.5 Å². The van der Waals surface area contributed by atoms with Crippen LogP contribution in [0.25, 0.3) is 0 Å². The van der Waals surface area contributed by atoms with Crippen LogP contribution in [0.4, 0.5) is 23.7 Å². The summed E-state index contributed by atoms with van der Waals surface area (Å²) in [7, 11) is 2.43. The van der Waals surface area contributed by atoms with Gasteiger partial charge in [0.2, 0.25) is 0 Å². The average molecular weight is 409 g/mol. The third kappa shape index (κ3) is 6.62. The molecule has 0 aliphatic carbocycles. The summed E-state index contributed by atoms with van der Waals surface area (Å²) in [4.78, 5) is 44.8. The van der Waals surface area contributed by atoms with Crippen molar-refractivity contribution in [1.82, 2.24) is 10.6 Å². The van der Waals surface area contributed by atoms with E-state index in [4.69, 9.17) is 9.47 Å². The van der Waals surface area contributed by atoms with E-state index in [9.17, 15) is 37.7 Å². The molecule has 0 unspecified atom stereocenters. The minimum atomic E-state index is -4.68. The predicted molar refractivity (Wildman–Crippen MR) is 84.1 cm³/mol. The monoisotopic (exact) mass is 409 g/mol. The predicted octanol–water partition coefficient (Wildman–Crippen LogP) is 1.16. The number of methoxy groups -OCH3 is 2. The van der Waals surface area contributed by atoms with Crippen molar-refractivity contribution < 1.29 is 46.7 Å². The van der Waals surface area contributed by atoms with Gasteiger partial charge in [0.1, 0.15) is 12.1 Å². The number of alkyl halides is 3. The third-order valence-corrected chi connectivity index (χ3v) is 2.96. The number of rotatable bonds is 7. The van der Waals surface area contributed by atoms with Crippen LogP contribution in [0.2, 0.25) is 0 Å². The van der Waals surface area contributed by atoms with Gasteiger partial charge in [-0.05, 0) is 0 Å². The number of benzene rings is 1. The molecule has 11 nitrogen and oxygen atoms in total. The van der Waals surface area contributed by atoms with Crippen molar-refractivity contribution in [2.24, 2.45) is 0 Å². The molecule has 2 N–H and O–H groups in total. The Balaban J connectivity index is 2.78. The number of halogens is 3. The van der Waals surface area contributed by atoms with Crippen molar-refractivity contribution in [3.63, 3.8) is 0 Å². The second kappa shape index (κ2) is 9.38. The highest BCUT2D eigenvalue weighted by molar-refractivity contribution is 5.98. The highest BCUT2D eigenvalue weighted by Crippen LogP contribution is 2.34. The summed E-state index contributed by atoms with van der Waals surface area (Å²) in [6.07, 6.45) is -4.68. The Morgan fingerprint density at radius 1 is 1.14 bits per heavy atom. The van der Waals surface area contributed by atoms with E-state index in [1.165, 1.54) is 24.9 Å². The molecule has 28 heavy (non-hydrogen) atoms. The smallest absolute Gasteiger partial charge is 0.405 e. The lowest BCUT2D eigenvalue weighted by Gasteiger charge is -2.11. The van der Waals surface area contributed by atoms with Gasteiger partial charge in [-0.1, -0.05) is 0 Å². The minimum absolute atomic E-state index is 0.0315. The molecule has 0 saturated carbocycles. The van der Waals surface area contributed by atoms with E-state index in [2.05, 4.69) is 4.74 Å². The first kappa shape index (κ1) is 22.5. The second-order valence-electron chi connectivity index (χ2n) is 4.90. The van der Waals surface area contributed by atoms with Gasteiger partial charge in [0.15, 0.2) is 18.1 Å². The fourth-order valence-electron chi connectivity index (χ4n) is 1.78. The van der Waals surface area contributed by atoms with Crippen LogP contribution in [0.5, 0.6) is 11.5 Å². The first-order valence-electron chi connectivity index (χ1n) is 7.20. The van der Waals surface area contributed by atoms with E-state index in [1.807, 2.05) is 0 Å². The van der Waals surface area contributed by atoms with Crippen LogP contribution >= 0.6 is 0 Å². The Morgan fingerprint density at radius 3 is 2.21 bits per heavy atom. The molecule has 1 aromatic carbocycles. The number of hydrogen-bond donors (Lipinski definition) is 2. The summed E-state index contributed by atoms with van der Waals surface area (Å²) in [5.41, 5.74) is -1.28. The zero-order valence-electron chi connectivity index (χ0n) is 14.4. The van der Waals surface area contributed by atoms with E-state index in [0.29, 0.717) is 0 Å². The first-order chi connectivity index (χ1) is 13.0. The van der Waals surface area contributed by atoms with Crippen LogP contribution in [0.3, 0.4) is 0 Å². The molecule has 0 saturated heterocycles. The van der Waals surface area contributed by atoms with Gasteiger partial charge in [-0.3, -0.25) is 20.2 Å². The number of carbonyl (C=O) groups is 3. The van der Waals surface area contributed by atoms with E-state index in [-0.39, 0.29) is 11.5 Å². The second-order valence-corrected chi connectivity index (χ2v) is 4.90. The number of nitrogens with zero attached hydrogens (tertiary/aromatic N) is 1. The van der Waals surface area contributed by atoms with Crippen LogP contribution in [-0.4, -0.2) is 56.4 Å². The lowest BCUT2D eigenvalue weighted by molar-refractivity contribution is -0.385. The number of nitro benzene ring substituents is 1.